The smallest absolute Gasteiger partial charge is 0.410 e. The highest BCUT2D eigenvalue weighted by Gasteiger charge is 2.36. The van der Waals surface area contributed by atoms with Gasteiger partial charge in [0.2, 0.25) is 20.0 Å². The van der Waals surface area contributed by atoms with E-state index in [2.05, 4.69) is 14.9 Å². The number of hydrogen-bond donors (Lipinski definition) is 3. The molecule has 0 saturated carbocycles. The van der Waals surface area contributed by atoms with E-state index in [1.165, 1.54) is 38.9 Å². The summed E-state index contributed by atoms with van der Waals surface area (Å²) < 4.78 is 73.3. The first kappa shape index (κ1) is 33.7. The number of oxime groups is 2. The van der Waals surface area contributed by atoms with Crippen LogP contribution >= 0.6 is 7.82 Å². The first-order valence-electron chi connectivity index (χ1n) is 14.8. The maximum atomic E-state index is 13.7. The highest BCUT2D eigenvalue weighted by Crippen LogP contribution is 2.39. The molecule has 0 bridgehead atoms. The molecule has 2 saturated heterocycles. The Morgan fingerprint density at radius 3 is 1.84 bits per heavy atom. The standard InChI is InChI=1S/C29H39N4O9PS2/c1-18-9-19(2)14-32(13-18)44(38,39)17-22-5-7-24-26(11-22)29(31-42-43(35,36)37)25-8-6-23(12-27(25)28(24)30-34)45(40,41)33-15-20(3)10-21(4)16-33/h5-8,11-12,18-21,34H,9-10,13-17H2,1-4H3,(H2,35,36,37)/b30-28+,31-29+. The van der Waals surface area contributed by atoms with Crippen LogP contribution in [0.15, 0.2) is 51.6 Å². The number of rotatable bonds is 7. The molecule has 0 amide bonds. The van der Waals surface area contributed by atoms with Crippen molar-refractivity contribution in [3.8, 4) is 0 Å². The third kappa shape index (κ3) is 7.19. The molecular formula is C29H39N4O9PS2. The van der Waals surface area contributed by atoms with Crippen molar-refractivity contribution < 1.29 is 41.0 Å². The summed E-state index contributed by atoms with van der Waals surface area (Å²) in [6, 6.07) is 8.69. The normalized spacial score (nSPS) is 26.9. The summed E-state index contributed by atoms with van der Waals surface area (Å²) in [6.45, 7) is 9.56. The number of phosphoric acid groups is 1. The Balaban J connectivity index is 1.57. The van der Waals surface area contributed by atoms with Gasteiger partial charge in [-0.3, -0.25) is 14.4 Å². The molecule has 2 aromatic rings. The second kappa shape index (κ2) is 12.5. The van der Waals surface area contributed by atoms with Crippen molar-refractivity contribution in [2.75, 3.05) is 26.2 Å². The van der Waals surface area contributed by atoms with Gasteiger partial charge in [0, 0.05) is 48.4 Å². The number of nitrogens with zero attached hydrogens (tertiary/aromatic N) is 4. The molecule has 2 fully saturated rings. The summed E-state index contributed by atoms with van der Waals surface area (Å²) in [5, 5.41) is 17.4. The summed E-state index contributed by atoms with van der Waals surface area (Å²) in [5.41, 5.74) is 1.05. The third-order valence-corrected chi connectivity index (χ3v) is 12.4. The van der Waals surface area contributed by atoms with Crippen molar-refractivity contribution >= 4 is 39.3 Å². The molecule has 16 heteroatoms. The Hall–Kier alpha value is -2.65. The average Bonchev–Trinajstić information content (AvgIpc) is 2.93. The molecule has 3 aliphatic rings. The molecule has 0 spiro atoms. The van der Waals surface area contributed by atoms with E-state index in [0.29, 0.717) is 31.7 Å². The maximum absolute atomic E-state index is 13.7. The molecule has 2 aliphatic heterocycles. The molecule has 4 atom stereocenters. The van der Waals surface area contributed by atoms with E-state index in [9.17, 15) is 36.4 Å². The highest BCUT2D eigenvalue weighted by atomic mass is 32.2. The van der Waals surface area contributed by atoms with E-state index >= 15 is 0 Å². The van der Waals surface area contributed by atoms with E-state index in [4.69, 9.17) is 0 Å². The SMILES string of the molecule is CC1CC(C)CN(S(=O)(=O)Cc2ccc3c(c2)/C(=N/OP(=O)(O)O)c2ccc(S(=O)(=O)N4CC(C)CC(C)C4)cc2/C3=N/O)C1. The van der Waals surface area contributed by atoms with Gasteiger partial charge in [-0.1, -0.05) is 56.2 Å². The van der Waals surface area contributed by atoms with E-state index in [-0.39, 0.29) is 68.0 Å². The minimum absolute atomic E-state index is 0.0133. The quantitative estimate of drug-likeness (QED) is 0.190. The first-order chi connectivity index (χ1) is 21.0. The van der Waals surface area contributed by atoms with Crippen molar-refractivity contribution in [1.29, 1.82) is 0 Å². The van der Waals surface area contributed by atoms with Crippen LogP contribution in [0.25, 0.3) is 0 Å². The third-order valence-electron chi connectivity index (χ3n) is 8.48. The summed E-state index contributed by atoms with van der Waals surface area (Å²) >= 11 is 0. The van der Waals surface area contributed by atoms with Crippen LogP contribution in [0.2, 0.25) is 0 Å². The fourth-order valence-electron chi connectivity index (χ4n) is 6.85. The average molecular weight is 683 g/mol. The van der Waals surface area contributed by atoms with Crippen molar-refractivity contribution in [1.82, 2.24) is 8.61 Å². The van der Waals surface area contributed by atoms with Crippen LogP contribution in [0, 0.1) is 23.7 Å². The van der Waals surface area contributed by atoms with Crippen molar-refractivity contribution in [3.05, 3.63) is 64.2 Å². The minimum atomic E-state index is -5.09. The van der Waals surface area contributed by atoms with Gasteiger partial charge in [-0.2, -0.15) is 4.31 Å². The molecule has 2 aromatic carbocycles. The van der Waals surface area contributed by atoms with Gasteiger partial charge in [-0.25, -0.2) is 25.7 Å². The van der Waals surface area contributed by atoms with Gasteiger partial charge in [0.25, 0.3) is 0 Å². The lowest BCUT2D eigenvalue weighted by Gasteiger charge is -2.34. The molecule has 0 radical (unpaired) electrons. The van der Waals surface area contributed by atoms with Gasteiger partial charge in [-0.15, -0.1) is 0 Å². The Bertz CT molecular complexity index is 1790. The van der Waals surface area contributed by atoms with E-state index < -0.39 is 27.9 Å². The Morgan fingerprint density at radius 2 is 1.29 bits per heavy atom. The van der Waals surface area contributed by atoms with Gasteiger partial charge in [0.05, 0.1) is 10.6 Å². The Labute approximate surface area is 263 Å². The van der Waals surface area contributed by atoms with Gasteiger partial charge >= 0.3 is 7.82 Å². The largest absolute Gasteiger partial charge is 0.545 e. The first-order valence-corrected chi connectivity index (χ1v) is 19.4. The van der Waals surface area contributed by atoms with Crippen molar-refractivity contribution in [2.24, 2.45) is 34.0 Å². The van der Waals surface area contributed by atoms with Gasteiger partial charge < -0.3 is 5.21 Å². The summed E-state index contributed by atoms with van der Waals surface area (Å²) in [5.74, 6) is 0.433. The molecule has 0 aromatic heterocycles. The number of sulfonamides is 2. The van der Waals surface area contributed by atoms with Crippen molar-refractivity contribution in [3.63, 3.8) is 0 Å². The van der Waals surface area contributed by atoms with Crippen LogP contribution in [0.1, 0.15) is 68.4 Å². The zero-order chi connectivity index (χ0) is 32.9. The lowest BCUT2D eigenvalue weighted by Crippen LogP contribution is -2.43. The zero-order valence-electron chi connectivity index (χ0n) is 25.6. The predicted molar refractivity (Wildman–Crippen MR) is 168 cm³/mol. The fourth-order valence-corrected chi connectivity index (χ4v) is 10.5. The molecule has 246 valence electrons. The summed E-state index contributed by atoms with van der Waals surface area (Å²) in [4.78, 5) is 18.8. The number of fused-ring (bicyclic) bond motifs is 2. The van der Waals surface area contributed by atoms with Crippen LogP contribution in [0.4, 0.5) is 0 Å². The van der Waals surface area contributed by atoms with Gasteiger partial charge in [0.15, 0.2) is 0 Å². The van der Waals surface area contributed by atoms with Crippen LogP contribution in [0.3, 0.4) is 0 Å². The molecular weight excluding hydrogens is 643 g/mol. The summed E-state index contributed by atoms with van der Waals surface area (Å²) in [6.07, 6.45) is 1.85. The molecule has 45 heavy (non-hydrogen) atoms. The van der Waals surface area contributed by atoms with Crippen LogP contribution in [-0.2, 0) is 35.0 Å². The molecule has 1 aliphatic carbocycles. The number of hydrogen-bond acceptors (Lipinski definition) is 9. The number of piperidine rings is 2. The number of benzene rings is 2. The van der Waals surface area contributed by atoms with Crippen molar-refractivity contribution in [2.45, 2.75) is 51.2 Å². The minimum Gasteiger partial charge on any atom is -0.410 e. The molecule has 5 rings (SSSR count). The van der Waals surface area contributed by atoms with E-state index in [1.54, 1.807) is 6.07 Å². The second-order valence-corrected chi connectivity index (χ2v) is 17.9. The van der Waals surface area contributed by atoms with E-state index in [1.807, 2.05) is 27.7 Å². The van der Waals surface area contributed by atoms with Crippen LogP contribution in [-0.4, -0.2) is 78.0 Å². The lowest BCUT2D eigenvalue weighted by atomic mass is 9.82. The lowest BCUT2D eigenvalue weighted by molar-refractivity contribution is 0.205. The molecule has 4 unspecified atom stereocenters. The van der Waals surface area contributed by atoms with Gasteiger partial charge in [0.1, 0.15) is 11.4 Å². The van der Waals surface area contributed by atoms with E-state index in [0.717, 1.165) is 12.8 Å². The maximum Gasteiger partial charge on any atom is 0.545 e. The van der Waals surface area contributed by atoms with Crippen LogP contribution < -0.4 is 0 Å². The second-order valence-electron chi connectivity index (χ2n) is 12.8. The highest BCUT2D eigenvalue weighted by molar-refractivity contribution is 7.89. The Morgan fingerprint density at radius 1 is 0.778 bits per heavy atom. The fraction of sp³-hybridized carbons (Fsp3) is 0.517. The zero-order valence-corrected chi connectivity index (χ0v) is 28.1. The van der Waals surface area contributed by atoms with Gasteiger partial charge in [-0.05, 0) is 60.3 Å². The van der Waals surface area contributed by atoms with Crippen LogP contribution in [0.5, 0.6) is 0 Å². The molecule has 3 N–H and O–H groups in total. The predicted octanol–water partition coefficient (Wildman–Crippen LogP) is 3.56. The monoisotopic (exact) mass is 682 g/mol. The molecule has 13 nitrogen and oxygen atoms in total. The molecule has 2 heterocycles. The summed E-state index contributed by atoms with van der Waals surface area (Å²) in [7, 11) is -12.7. The topological polar surface area (TPSA) is 186 Å². The Kier molecular flexibility index (Phi) is 9.37.